The smallest absolute Gasteiger partial charge is 0.113 e. The molecule has 1 unspecified atom stereocenters. The molecule has 1 atom stereocenters. The highest BCUT2D eigenvalue weighted by Crippen LogP contribution is 2.44. The Balaban J connectivity index is 2.16. The molecule has 1 fully saturated rings. The summed E-state index contributed by atoms with van der Waals surface area (Å²) in [6.07, 6.45) is 8.68. The van der Waals surface area contributed by atoms with Crippen LogP contribution in [0.25, 0.3) is 0 Å². The summed E-state index contributed by atoms with van der Waals surface area (Å²) in [5, 5.41) is 0. The van der Waals surface area contributed by atoms with E-state index < -0.39 is 0 Å². The first kappa shape index (κ1) is 14.8. The quantitative estimate of drug-likeness (QED) is 0.607. The molecule has 1 aliphatic heterocycles. The maximum Gasteiger partial charge on any atom is 0.113 e. The maximum absolute atomic E-state index is 5.92. The van der Waals surface area contributed by atoms with Crippen molar-refractivity contribution in [2.45, 2.75) is 64.0 Å². The first-order valence-electron chi connectivity index (χ1n) is 7.37. The Morgan fingerprint density at radius 1 is 1.32 bits per heavy atom. The second kappa shape index (κ2) is 5.81. The summed E-state index contributed by atoms with van der Waals surface area (Å²) in [5.74, 6) is 6.78. The lowest BCUT2D eigenvalue weighted by Crippen LogP contribution is -2.58. The minimum atomic E-state index is -0.229. The van der Waals surface area contributed by atoms with Gasteiger partial charge in [0, 0.05) is 7.11 Å². The molecule has 19 heavy (non-hydrogen) atoms. The third-order valence-corrected chi connectivity index (χ3v) is 4.80. The van der Waals surface area contributed by atoms with Crippen LogP contribution in [-0.2, 0) is 9.47 Å². The van der Waals surface area contributed by atoms with Gasteiger partial charge < -0.3 is 9.47 Å². The fourth-order valence-electron chi connectivity index (χ4n) is 3.23. The van der Waals surface area contributed by atoms with Gasteiger partial charge in [0.2, 0.25) is 0 Å². The van der Waals surface area contributed by atoms with E-state index in [4.69, 9.17) is 15.3 Å². The second-order valence-electron chi connectivity index (χ2n) is 6.63. The molecule has 0 aromatic rings. The van der Waals surface area contributed by atoms with E-state index in [0.717, 1.165) is 50.9 Å². The van der Waals surface area contributed by atoms with Crippen LogP contribution in [0.2, 0.25) is 0 Å². The minimum Gasteiger partial charge on any atom is -0.496 e. The van der Waals surface area contributed by atoms with E-state index in [0.29, 0.717) is 5.41 Å². The Bertz CT molecular complexity index is 329. The van der Waals surface area contributed by atoms with Crippen LogP contribution in [0.3, 0.4) is 0 Å². The molecule has 110 valence electrons. The predicted molar refractivity (Wildman–Crippen MR) is 76.4 cm³/mol. The zero-order valence-electron chi connectivity index (χ0n) is 12.5. The van der Waals surface area contributed by atoms with Crippen LogP contribution in [0.15, 0.2) is 11.8 Å². The normalized spacial score (nSPS) is 27.3. The lowest BCUT2D eigenvalue weighted by Gasteiger charge is -2.47. The molecule has 1 aliphatic carbocycles. The highest BCUT2D eigenvalue weighted by Gasteiger charge is 2.46. The number of hydrogen-bond acceptors (Lipinski definition) is 4. The molecule has 1 heterocycles. The van der Waals surface area contributed by atoms with Crippen molar-refractivity contribution < 1.29 is 9.47 Å². The van der Waals surface area contributed by atoms with Gasteiger partial charge in [0.25, 0.3) is 0 Å². The van der Waals surface area contributed by atoms with Crippen molar-refractivity contribution in [2.24, 2.45) is 11.3 Å². The zero-order valence-corrected chi connectivity index (χ0v) is 12.5. The van der Waals surface area contributed by atoms with Crippen LogP contribution in [0.1, 0.15) is 52.4 Å². The Morgan fingerprint density at radius 2 is 2.00 bits per heavy atom. The van der Waals surface area contributed by atoms with Gasteiger partial charge in [-0.2, -0.15) is 0 Å². The third kappa shape index (κ3) is 3.12. The Hall–Kier alpha value is -0.580. The summed E-state index contributed by atoms with van der Waals surface area (Å²) >= 11 is 0. The van der Waals surface area contributed by atoms with E-state index in [9.17, 15) is 0 Å². The summed E-state index contributed by atoms with van der Waals surface area (Å²) in [5.41, 5.74) is 3.12. The monoisotopic (exact) mass is 268 g/mol. The lowest BCUT2D eigenvalue weighted by atomic mass is 9.68. The van der Waals surface area contributed by atoms with Gasteiger partial charge in [-0.1, -0.05) is 13.8 Å². The Labute approximate surface area is 116 Å². The molecule has 0 aromatic carbocycles. The van der Waals surface area contributed by atoms with Gasteiger partial charge in [0.05, 0.1) is 12.2 Å². The van der Waals surface area contributed by atoms with E-state index in [1.165, 1.54) is 0 Å². The molecule has 0 spiro atoms. The van der Waals surface area contributed by atoms with Crippen LogP contribution in [0, 0.1) is 5.41 Å². The molecule has 3 N–H and O–H groups in total. The molecule has 0 radical (unpaired) electrons. The molecule has 2 aliphatic rings. The third-order valence-electron chi connectivity index (χ3n) is 4.80. The van der Waals surface area contributed by atoms with Gasteiger partial charge in [-0.15, -0.1) is 0 Å². The van der Waals surface area contributed by atoms with E-state index >= 15 is 0 Å². The summed E-state index contributed by atoms with van der Waals surface area (Å²) in [4.78, 5) is 0. The van der Waals surface area contributed by atoms with E-state index in [1.54, 1.807) is 7.11 Å². The zero-order chi connectivity index (χ0) is 13.9. The molecule has 1 saturated carbocycles. The van der Waals surface area contributed by atoms with Crippen molar-refractivity contribution in [3.8, 4) is 0 Å². The molecule has 4 nitrogen and oxygen atoms in total. The van der Waals surface area contributed by atoms with Crippen molar-refractivity contribution in [3.63, 3.8) is 0 Å². The SMILES string of the molecule is COC1(C(NN)C2=CCCCO2)CCC(C)(C)CC1. The summed E-state index contributed by atoms with van der Waals surface area (Å²) in [6, 6.07) is -0.0334. The number of hydrazine groups is 1. The maximum atomic E-state index is 5.92. The van der Waals surface area contributed by atoms with E-state index in [-0.39, 0.29) is 11.6 Å². The molecule has 0 bridgehead atoms. The Morgan fingerprint density at radius 3 is 2.47 bits per heavy atom. The van der Waals surface area contributed by atoms with Gasteiger partial charge in [-0.3, -0.25) is 5.84 Å². The van der Waals surface area contributed by atoms with Gasteiger partial charge in [-0.25, -0.2) is 5.43 Å². The number of methoxy groups -OCH3 is 1. The van der Waals surface area contributed by atoms with E-state index in [2.05, 4.69) is 25.3 Å². The van der Waals surface area contributed by atoms with Crippen LogP contribution < -0.4 is 11.3 Å². The van der Waals surface area contributed by atoms with Crippen molar-refractivity contribution in [1.29, 1.82) is 0 Å². The number of ether oxygens (including phenoxy) is 2. The number of allylic oxidation sites excluding steroid dienone is 1. The lowest BCUT2D eigenvalue weighted by molar-refractivity contribution is -0.0890. The fourth-order valence-corrected chi connectivity index (χ4v) is 3.23. The molecule has 0 saturated heterocycles. The summed E-state index contributed by atoms with van der Waals surface area (Å²) < 4.78 is 11.7. The highest BCUT2D eigenvalue weighted by molar-refractivity contribution is 5.14. The largest absolute Gasteiger partial charge is 0.496 e. The predicted octanol–water partition coefficient (Wildman–Crippen LogP) is 2.50. The molecule has 0 aromatic heterocycles. The number of nitrogens with one attached hydrogen (secondary N) is 1. The van der Waals surface area contributed by atoms with Crippen molar-refractivity contribution in [2.75, 3.05) is 13.7 Å². The standard InChI is InChI=1S/C15H28N2O2/c1-14(2)7-9-15(18-3,10-8-14)13(17-16)12-6-4-5-11-19-12/h6,13,17H,4-5,7-11,16H2,1-3H3. The molecule has 2 rings (SSSR count). The molecule has 4 heteroatoms. The Kier molecular flexibility index (Phi) is 4.54. The van der Waals surface area contributed by atoms with Gasteiger partial charge >= 0.3 is 0 Å². The van der Waals surface area contributed by atoms with E-state index in [1.807, 2.05) is 0 Å². The van der Waals surface area contributed by atoms with Crippen molar-refractivity contribution in [1.82, 2.24) is 5.43 Å². The van der Waals surface area contributed by atoms with Crippen molar-refractivity contribution >= 4 is 0 Å². The van der Waals surface area contributed by atoms with Gasteiger partial charge in [0.15, 0.2) is 0 Å². The number of hydrogen-bond donors (Lipinski definition) is 2. The van der Waals surface area contributed by atoms with Crippen LogP contribution >= 0.6 is 0 Å². The van der Waals surface area contributed by atoms with Crippen LogP contribution in [0.5, 0.6) is 0 Å². The molecular formula is C15H28N2O2. The van der Waals surface area contributed by atoms with Crippen LogP contribution in [-0.4, -0.2) is 25.4 Å². The summed E-state index contributed by atoms with van der Waals surface area (Å²) in [7, 11) is 1.80. The first-order valence-corrected chi connectivity index (χ1v) is 7.37. The molecule has 0 amide bonds. The number of rotatable bonds is 4. The molecular weight excluding hydrogens is 240 g/mol. The topological polar surface area (TPSA) is 56.5 Å². The first-order chi connectivity index (χ1) is 9.03. The fraction of sp³-hybridized carbons (Fsp3) is 0.867. The second-order valence-corrected chi connectivity index (χ2v) is 6.63. The van der Waals surface area contributed by atoms with Crippen molar-refractivity contribution in [3.05, 3.63) is 11.8 Å². The van der Waals surface area contributed by atoms with Gasteiger partial charge in [-0.05, 0) is 50.0 Å². The number of nitrogens with two attached hydrogens (primary N) is 1. The minimum absolute atomic E-state index is 0.0334. The average molecular weight is 268 g/mol. The van der Waals surface area contributed by atoms with Gasteiger partial charge in [0.1, 0.15) is 11.8 Å². The highest BCUT2D eigenvalue weighted by atomic mass is 16.5. The average Bonchev–Trinajstić information content (AvgIpc) is 2.43. The van der Waals surface area contributed by atoms with Crippen LogP contribution in [0.4, 0.5) is 0 Å². The summed E-state index contributed by atoms with van der Waals surface area (Å²) in [6.45, 7) is 5.44.